The predicted octanol–water partition coefficient (Wildman–Crippen LogP) is 5.45. The number of hydrogen-bond acceptors (Lipinski definition) is 6. The average Bonchev–Trinajstić information content (AvgIpc) is 3.11. The zero-order chi connectivity index (χ0) is 21.9. The van der Waals surface area contributed by atoms with Crippen molar-refractivity contribution < 1.29 is 18.4 Å². The van der Waals surface area contributed by atoms with Gasteiger partial charge in [0.1, 0.15) is 33.6 Å². The average molecular weight is 416 g/mol. The molecule has 6 nitrogen and oxygen atoms in total. The Kier molecular flexibility index (Phi) is 4.25. The monoisotopic (exact) mass is 416 g/mol. The first-order valence-electron chi connectivity index (χ1n) is 10.2. The van der Waals surface area contributed by atoms with Crippen LogP contribution in [0.5, 0.6) is 5.75 Å². The third kappa shape index (κ3) is 2.64. The van der Waals surface area contributed by atoms with E-state index < -0.39 is 11.3 Å². The number of furan rings is 1. The summed E-state index contributed by atoms with van der Waals surface area (Å²) in [6.07, 6.45) is 1.33. The summed E-state index contributed by atoms with van der Waals surface area (Å²) in [5.74, 6) is 0.0828. The molecule has 2 aromatic carbocycles. The summed E-state index contributed by atoms with van der Waals surface area (Å²) in [5.41, 5.74) is 1.55. The van der Waals surface area contributed by atoms with Crippen LogP contribution >= 0.6 is 0 Å². The van der Waals surface area contributed by atoms with Crippen LogP contribution in [-0.4, -0.2) is 5.11 Å². The normalized spacial score (nSPS) is 11.7. The fraction of sp³-hybridized carbons (Fsp3) is 0.200. The van der Waals surface area contributed by atoms with Gasteiger partial charge in [-0.2, -0.15) is 0 Å². The van der Waals surface area contributed by atoms with Gasteiger partial charge in [0.05, 0.1) is 10.8 Å². The molecular formula is C25H20O6. The maximum absolute atomic E-state index is 13.0. The highest BCUT2D eigenvalue weighted by molar-refractivity contribution is 6.09. The molecule has 6 heteroatoms. The van der Waals surface area contributed by atoms with Crippen molar-refractivity contribution in [3.8, 4) is 16.9 Å². The Balaban J connectivity index is 1.94. The molecule has 0 unspecified atom stereocenters. The predicted molar refractivity (Wildman–Crippen MR) is 119 cm³/mol. The van der Waals surface area contributed by atoms with Crippen LogP contribution < -0.4 is 11.3 Å². The molecular weight excluding hydrogens is 396 g/mol. The fourth-order valence-corrected chi connectivity index (χ4v) is 4.30. The van der Waals surface area contributed by atoms with Gasteiger partial charge in [0, 0.05) is 5.56 Å². The van der Waals surface area contributed by atoms with Crippen LogP contribution in [0.4, 0.5) is 0 Å². The molecule has 0 amide bonds. The van der Waals surface area contributed by atoms with Crippen LogP contribution in [0, 0.1) is 6.92 Å². The van der Waals surface area contributed by atoms with E-state index in [0.717, 1.165) is 11.1 Å². The molecule has 0 fully saturated rings. The summed E-state index contributed by atoms with van der Waals surface area (Å²) in [6.45, 7) is 5.56. The van der Waals surface area contributed by atoms with Crippen molar-refractivity contribution in [1.29, 1.82) is 0 Å². The standard InChI is InChI=1S/C25H20O6/c1-4-13-8-6-10-15-20(26)18(24(27)30-21(13)15)17-12(3)29-23-16-11-7-9-14(5-2)22(16)31-25(28)19(17)23/h6-11,26H,4-5H2,1-3H3. The largest absolute Gasteiger partial charge is 0.506 e. The molecule has 156 valence electrons. The lowest BCUT2D eigenvalue weighted by Crippen LogP contribution is -2.07. The second-order valence-electron chi connectivity index (χ2n) is 7.53. The van der Waals surface area contributed by atoms with Gasteiger partial charge in [-0.15, -0.1) is 0 Å². The van der Waals surface area contributed by atoms with Gasteiger partial charge in [-0.25, -0.2) is 9.59 Å². The third-order valence-electron chi connectivity index (χ3n) is 5.82. The van der Waals surface area contributed by atoms with Crippen molar-refractivity contribution in [1.82, 2.24) is 0 Å². The Hall–Kier alpha value is -3.80. The first-order valence-corrected chi connectivity index (χ1v) is 10.2. The molecule has 5 rings (SSSR count). The van der Waals surface area contributed by atoms with Crippen molar-refractivity contribution in [2.24, 2.45) is 0 Å². The lowest BCUT2D eigenvalue weighted by atomic mass is 9.99. The quantitative estimate of drug-likeness (QED) is 0.393. The smallest absolute Gasteiger partial charge is 0.348 e. The van der Waals surface area contributed by atoms with Gasteiger partial charge in [-0.05, 0) is 43.0 Å². The minimum Gasteiger partial charge on any atom is -0.506 e. The number of aromatic hydroxyl groups is 1. The fourth-order valence-electron chi connectivity index (χ4n) is 4.30. The van der Waals surface area contributed by atoms with Crippen LogP contribution in [0.25, 0.3) is 44.0 Å². The molecule has 0 aliphatic carbocycles. The summed E-state index contributed by atoms with van der Waals surface area (Å²) >= 11 is 0. The lowest BCUT2D eigenvalue weighted by molar-refractivity contribution is 0.470. The molecule has 3 heterocycles. The zero-order valence-electron chi connectivity index (χ0n) is 17.4. The molecule has 0 saturated carbocycles. The van der Waals surface area contributed by atoms with Crippen molar-refractivity contribution in [3.63, 3.8) is 0 Å². The molecule has 3 aromatic heterocycles. The van der Waals surface area contributed by atoms with E-state index in [9.17, 15) is 14.7 Å². The summed E-state index contributed by atoms with van der Waals surface area (Å²) in [7, 11) is 0. The van der Waals surface area contributed by atoms with Gasteiger partial charge in [-0.1, -0.05) is 38.1 Å². The maximum atomic E-state index is 13.0. The Morgan fingerprint density at radius 2 is 1.32 bits per heavy atom. The van der Waals surface area contributed by atoms with Crippen LogP contribution in [-0.2, 0) is 12.8 Å². The van der Waals surface area contributed by atoms with Gasteiger partial charge in [0.2, 0.25) is 0 Å². The van der Waals surface area contributed by atoms with Crippen molar-refractivity contribution >= 4 is 32.9 Å². The van der Waals surface area contributed by atoms with E-state index in [-0.39, 0.29) is 22.3 Å². The highest BCUT2D eigenvalue weighted by atomic mass is 16.4. The number of rotatable bonds is 3. The minimum atomic E-state index is -0.737. The molecule has 0 aliphatic heterocycles. The Morgan fingerprint density at radius 1 is 0.742 bits per heavy atom. The SMILES string of the molecule is CCc1cccc2c(O)c(-c3c(C)oc4c3c(=O)oc3c(CC)cccc34)c(=O)oc12. The van der Waals surface area contributed by atoms with Gasteiger partial charge in [0.15, 0.2) is 5.58 Å². The molecule has 5 aromatic rings. The van der Waals surface area contributed by atoms with E-state index in [1.807, 2.05) is 38.1 Å². The molecule has 31 heavy (non-hydrogen) atoms. The van der Waals surface area contributed by atoms with Crippen molar-refractivity contribution in [2.75, 3.05) is 0 Å². The number of hydrogen-bond donors (Lipinski definition) is 1. The number of benzene rings is 2. The van der Waals surface area contributed by atoms with E-state index in [1.165, 1.54) is 0 Å². The number of aryl methyl sites for hydroxylation is 3. The highest BCUT2D eigenvalue weighted by Gasteiger charge is 2.27. The second-order valence-corrected chi connectivity index (χ2v) is 7.53. The van der Waals surface area contributed by atoms with E-state index in [0.29, 0.717) is 46.1 Å². The maximum Gasteiger partial charge on any atom is 0.348 e. The third-order valence-corrected chi connectivity index (χ3v) is 5.82. The Labute approximate surface area is 176 Å². The topological polar surface area (TPSA) is 93.8 Å². The van der Waals surface area contributed by atoms with E-state index in [4.69, 9.17) is 13.3 Å². The van der Waals surface area contributed by atoms with Gasteiger partial charge in [0.25, 0.3) is 0 Å². The minimum absolute atomic E-state index is 0.102. The van der Waals surface area contributed by atoms with Gasteiger partial charge in [-0.3, -0.25) is 0 Å². The first-order chi connectivity index (χ1) is 15.0. The van der Waals surface area contributed by atoms with E-state index in [1.54, 1.807) is 19.1 Å². The lowest BCUT2D eigenvalue weighted by Gasteiger charge is -2.08. The van der Waals surface area contributed by atoms with Crippen LogP contribution in [0.1, 0.15) is 30.7 Å². The number of fused-ring (bicyclic) bond motifs is 4. The first kappa shape index (κ1) is 19.2. The number of para-hydroxylation sites is 2. The molecule has 1 N–H and O–H groups in total. The van der Waals surface area contributed by atoms with Crippen molar-refractivity contribution in [2.45, 2.75) is 33.6 Å². The molecule has 0 saturated heterocycles. The molecule has 0 spiro atoms. The Bertz CT molecular complexity index is 1610. The van der Waals surface area contributed by atoms with Crippen LogP contribution in [0.2, 0.25) is 0 Å². The van der Waals surface area contributed by atoms with E-state index in [2.05, 4.69) is 0 Å². The molecule has 0 atom stereocenters. The van der Waals surface area contributed by atoms with Crippen molar-refractivity contribution in [3.05, 3.63) is 74.1 Å². The zero-order valence-corrected chi connectivity index (χ0v) is 17.4. The van der Waals surface area contributed by atoms with Gasteiger partial charge >= 0.3 is 11.3 Å². The van der Waals surface area contributed by atoms with Gasteiger partial charge < -0.3 is 18.4 Å². The summed E-state index contributed by atoms with van der Waals surface area (Å²) < 4.78 is 17.2. The van der Waals surface area contributed by atoms with E-state index >= 15 is 0 Å². The summed E-state index contributed by atoms with van der Waals surface area (Å²) in [4.78, 5) is 26.0. The molecule has 0 radical (unpaired) electrons. The molecule has 0 aliphatic rings. The molecule has 0 bridgehead atoms. The second kappa shape index (κ2) is 6.87. The Morgan fingerprint density at radius 3 is 1.97 bits per heavy atom. The van der Waals surface area contributed by atoms with Crippen LogP contribution in [0.15, 0.2) is 59.2 Å². The summed E-state index contributed by atoms with van der Waals surface area (Å²) in [5, 5.41) is 12.2. The highest BCUT2D eigenvalue weighted by Crippen LogP contribution is 2.41. The van der Waals surface area contributed by atoms with Crippen LogP contribution in [0.3, 0.4) is 0 Å². The summed E-state index contributed by atoms with van der Waals surface area (Å²) in [6, 6.07) is 10.9.